The average Bonchev–Trinajstić information content (AvgIpc) is 3.29. The lowest BCUT2D eigenvalue weighted by Gasteiger charge is -2.21. The second-order valence-corrected chi connectivity index (χ2v) is 6.60. The molecule has 1 aliphatic carbocycles. The Balaban J connectivity index is 1.54. The van der Waals surface area contributed by atoms with Crippen LogP contribution < -0.4 is 11.1 Å². The molecule has 0 aliphatic heterocycles. The summed E-state index contributed by atoms with van der Waals surface area (Å²) in [7, 11) is 0. The lowest BCUT2D eigenvalue weighted by atomic mass is 9.89. The van der Waals surface area contributed by atoms with Crippen molar-refractivity contribution >= 4 is 17.4 Å². The summed E-state index contributed by atoms with van der Waals surface area (Å²) in [5, 5.41) is 7.39. The lowest BCUT2D eigenvalue weighted by molar-refractivity contribution is 0.0943. The zero-order valence-electron chi connectivity index (χ0n) is 13.9. The van der Waals surface area contributed by atoms with Crippen molar-refractivity contribution in [3.8, 4) is 11.4 Å². The molecule has 0 aromatic carbocycles. The molecule has 3 N–H and O–H groups in total. The predicted molar refractivity (Wildman–Crippen MR) is 94.0 cm³/mol. The molecule has 130 valence electrons. The Kier molecular flexibility index (Phi) is 4.13. The number of anilines is 1. The zero-order valence-corrected chi connectivity index (χ0v) is 13.9. The van der Waals surface area contributed by atoms with Crippen LogP contribution in [0.1, 0.15) is 42.5 Å². The number of amides is 1. The first kappa shape index (κ1) is 15.7. The van der Waals surface area contributed by atoms with Gasteiger partial charge in [0.1, 0.15) is 12.1 Å². The standard InChI is InChI=1S/C18H21N5O2/c19-15-8-14(18(24)20-10-12-4-2-1-3-5-12)9-16-21-17(22-23(15)16)13-6-7-25-11-13/h6-9,11-12H,1-5,10,19H2,(H,20,24). The van der Waals surface area contributed by atoms with Gasteiger partial charge in [0.15, 0.2) is 11.5 Å². The number of hydrogen-bond donors (Lipinski definition) is 2. The molecule has 0 radical (unpaired) electrons. The van der Waals surface area contributed by atoms with Crippen LogP contribution in [-0.2, 0) is 0 Å². The SMILES string of the molecule is Nc1cc(C(=O)NCC2CCCCC2)cc2nc(-c3ccoc3)nn12. The number of pyridine rings is 1. The van der Waals surface area contributed by atoms with E-state index in [-0.39, 0.29) is 5.91 Å². The number of hydrogen-bond acceptors (Lipinski definition) is 5. The molecule has 4 rings (SSSR count). The maximum Gasteiger partial charge on any atom is 0.251 e. The highest BCUT2D eigenvalue weighted by Gasteiger charge is 2.17. The van der Waals surface area contributed by atoms with Crippen LogP contribution in [0.2, 0.25) is 0 Å². The van der Waals surface area contributed by atoms with Gasteiger partial charge in [0.05, 0.1) is 11.8 Å². The second kappa shape index (κ2) is 6.58. The molecule has 7 nitrogen and oxygen atoms in total. The molecule has 3 heterocycles. The topological polar surface area (TPSA) is 98.5 Å². The molecular weight excluding hydrogens is 318 g/mol. The molecule has 0 unspecified atom stereocenters. The van der Waals surface area contributed by atoms with Gasteiger partial charge in [-0.15, -0.1) is 5.10 Å². The van der Waals surface area contributed by atoms with E-state index in [9.17, 15) is 4.79 Å². The van der Waals surface area contributed by atoms with E-state index in [4.69, 9.17) is 10.2 Å². The first-order chi connectivity index (χ1) is 12.2. The highest BCUT2D eigenvalue weighted by atomic mass is 16.3. The molecule has 1 saturated carbocycles. The van der Waals surface area contributed by atoms with Crippen LogP contribution in [0.15, 0.2) is 35.1 Å². The minimum Gasteiger partial charge on any atom is -0.472 e. The molecular formula is C18H21N5O2. The number of carbonyl (C=O) groups excluding carboxylic acids is 1. The van der Waals surface area contributed by atoms with Gasteiger partial charge in [0.2, 0.25) is 0 Å². The van der Waals surface area contributed by atoms with Gasteiger partial charge in [-0.1, -0.05) is 19.3 Å². The normalized spacial score (nSPS) is 15.5. The summed E-state index contributed by atoms with van der Waals surface area (Å²) >= 11 is 0. The number of fused-ring (bicyclic) bond motifs is 1. The van der Waals surface area contributed by atoms with E-state index in [1.165, 1.54) is 36.6 Å². The van der Waals surface area contributed by atoms with Gasteiger partial charge in [0, 0.05) is 12.1 Å². The van der Waals surface area contributed by atoms with Crippen LogP contribution in [0.5, 0.6) is 0 Å². The fourth-order valence-corrected chi connectivity index (χ4v) is 3.38. The van der Waals surface area contributed by atoms with Crippen molar-refractivity contribution in [2.24, 2.45) is 5.92 Å². The minimum atomic E-state index is -0.118. The second-order valence-electron chi connectivity index (χ2n) is 6.60. The number of nitrogens with two attached hydrogens (primary N) is 1. The Morgan fingerprint density at radius 1 is 1.32 bits per heavy atom. The average molecular weight is 339 g/mol. The summed E-state index contributed by atoms with van der Waals surface area (Å²) in [6.45, 7) is 0.719. The van der Waals surface area contributed by atoms with Crippen LogP contribution in [0, 0.1) is 5.92 Å². The van der Waals surface area contributed by atoms with Crippen LogP contribution in [0.3, 0.4) is 0 Å². The number of rotatable bonds is 4. The number of carbonyl (C=O) groups is 1. The minimum absolute atomic E-state index is 0.118. The van der Waals surface area contributed by atoms with Crippen molar-refractivity contribution in [2.75, 3.05) is 12.3 Å². The number of aromatic nitrogens is 3. The monoisotopic (exact) mass is 339 g/mol. The third kappa shape index (κ3) is 3.22. The number of nitrogen functional groups attached to an aromatic ring is 1. The first-order valence-electron chi connectivity index (χ1n) is 8.68. The van der Waals surface area contributed by atoms with Gasteiger partial charge in [-0.25, -0.2) is 4.98 Å². The van der Waals surface area contributed by atoms with E-state index in [0.29, 0.717) is 28.8 Å². The van der Waals surface area contributed by atoms with Crippen LogP contribution in [0.4, 0.5) is 5.82 Å². The maximum atomic E-state index is 12.5. The third-order valence-corrected chi connectivity index (χ3v) is 4.78. The van der Waals surface area contributed by atoms with E-state index in [0.717, 1.165) is 12.1 Å². The number of nitrogens with zero attached hydrogens (tertiary/aromatic N) is 3. The summed E-state index contributed by atoms with van der Waals surface area (Å²) in [4.78, 5) is 16.9. The summed E-state index contributed by atoms with van der Waals surface area (Å²) in [6, 6.07) is 5.13. The summed E-state index contributed by atoms with van der Waals surface area (Å²) in [5.74, 6) is 1.36. The van der Waals surface area contributed by atoms with Crippen LogP contribution >= 0.6 is 0 Å². The fraction of sp³-hybridized carbons (Fsp3) is 0.389. The van der Waals surface area contributed by atoms with Gasteiger partial charge in [-0.2, -0.15) is 4.52 Å². The van der Waals surface area contributed by atoms with Crippen molar-refractivity contribution in [3.63, 3.8) is 0 Å². The maximum absolute atomic E-state index is 12.5. The van der Waals surface area contributed by atoms with Gasteiger partial charge in [-0.3, -0.25) is 4.79 Å². The summed E-state index contributed by atoms with van der Waals surface area (Å²) in [6.07, 6.45) is 9.35. The lowest BCUT2D eigenvalue weighted by Crippen LogP contribution is -2.30. The van der Waals surface area contributed by atoms with Crippen molar-refractivity contribution in [3.05, 3.63) is 36.3 Å². The zero-order chi connectivity index (χ0) is 17.2. The fourth-order valence-electron chi connectivity index (χ4n) is 3.38. The smallest absolute Gasteiger partial charge is 0.251 e. The largest absolute Gasteiger partial charge is 0.472 e. The quantitative estimate of drug-likeness (QED) is 0.761. The Hall–Kier alpha value is -2.83. The van der Waals surface area contributed by atoms with Crippen molar-refractivity contribution < 1.29 is 9.21 Å². The van der Waals surface area contributed by atoms with Gasteiger partial charge in [0.25, 0.3) is 5.91 Å². The molecule has 1 aliphatic rings. The molecule has 0 atom stereocenters. The van der Waals surface area contributed by atoms with E-state index in [1.54, 1.807) is 30.7 Å². The molecule has 1 fully saturated rings. The number of nitrogens with one attached hydrogen (secondary N) is 1. The molecule has 0 saturated heterocycles. The Morgan fingerprint density at radius 3 is 2.92 bits per heavy atom. The Labute approximate surface area is 145 Å². The van der Waals surface area contributed by atoms with Gasteiger partial charge < -0.3 is 15.5 Å². The van der Waals surface area contributed by atoms with E-state index >= 15 is 0 Å². The molecule has 0 spiro atoms. The van der Waals surface area contributed by atoms with Crippen molar-refractivity contribution in [2.45, 2.75) is 32.1 Å². The Morgan fingerprint density at radius 2 is 2.16 bits per heavy atom. The Bertz CT molecular complexity index is 878. The molecule has 25 heavy (non-hydrogen) atoms. The van der Waals surface area contributed by atoms with Crippen molar-refractivity contribution in [1.82, 2.24) is 19.9 Å². The molecule has 0 bridgehead atoms. The summed E-state index contributed by atoms with van der Waals surface area (Å²) in [5.41, 5.74) is 7.87. The van der Waals surface area contributed by atoms with Crippen molar-refractivity contribution in [1.29, 1.82) is 0 Å². The third-order valence-electron chi connectivity index (χ3n) is 4.78. The van der Waals surface area contributed by atoms with Crippen LogP contribution in [0.25, 0.3) is 17.0 Å². The highest BCUT2D eigenvalue weighted by Crippen LogP contribution is 2.23. The van der Waals surface area contributed by atoms with E-state index in [2.05, 4.69) is 15.4 Å². The predicted octanol–water partition coefficient (Wildman–Crippen LogP) is 2.88. The molecule has 3 aromatic rings. The van der Waals surface area contributed by atoms with Crippen LogP contribution in [-0.4, -0.2) is 27.0 Å². The number of furan rings is 1. The van der Waals surface area contributed by atoms with Gasteiger partial charge in [-0.05, 0) is 37.0 Å². The van der Waals surface area contributed by atoms with E-state index in [1.807, 2.05) is 0 Å². The molecule has 1 amide bonds. The summed E-state index contributed by atoms with van der Waals surface area (Å²) < 4.78 is 6.59. The van der Waals surface area contributed by atoms with E-state index < -0.39 is 0 Å². The molecule has 7 heteroatoms. The van der Waals surface area contributed by atoms with Gasteiger partial charge >= 0.3 is 0 Å². The first-order valence-corrected chi connectivity index (χ1v) is 8.68. The molecule has 3 aromatic heterocycles. The highest BCUT2D eigenvalue weighted by molar-refractivity contribution is 5.96.